The first-order valence-corrected chi connectivity index (χ1v) is 42.2. The fraction of sp³-hybridized carbons (Fsp3) is 0.118. The number of nitrogen functional groups attached to an aromatic ring is 1. The molecule has 7 N–H and O–H groups in total. The van der Waals surface area contributed by atoms with Crippen molar-refractivity contribution in [2.45, 2.75) is 38.2 Å². The molecule has 1 atom stereocenters. The summed E-state index contributed by atoms with van der Waals surface area (Å²) in [5.74, 6) is -4.49. The molecule has 1 fully saturated rings. The largest absolute Gasteiger partial charge is 1.00 e. The predicted octanol–water partition coefficient (Wildman–Crippen LogP) is 17.9. The number of aromatic nitrogens is 10. The molecule has 1 saturated heterocycles. The van der Waals surface area contributed by atoms with Crippen molar-refractivity contribution in [1.82, 2.24) is 49.8 Å². The predicted molar refractivity (Wildman–Crippen MR) is 479 cm³/mol. The van der Waals surface area contributed by atoms with E-state index in [9.17, 15) is 134 Å². The van der Waals surface area contributed by atoms with Crippen LogP contribution in [0.15, 0.2) is 146 Å². The average molecular weight is 2210 g/mol. The standard InChI is InChI=1S/C15H9Cl2FN4O2.C14H6Cl2F2N4O2.C14H7Cl2FN4O3.C8H3ClFN3O2.C8H4FN3O3.C7H10O.C6H4Cl2FN.C2F6O5S2.C2H4O2.K/c1-7-4-11-8(5-12(7)22(23)24)15(20-6-19-11)21-10-3-2-9(16)13(17)14(10)18;15-7-1-2-9(13(18)12(7)16)21-14-6-3-11(22(23)24)8(17)4-10(6)19-5-20-14;15-7-1-2-8(13(17)12(7)16)20-14-6-3-10(21(23)24)11(22)4-9(6)18-5-19-14;9-8-4-1-7(13(14)15)5(10)2-6(4)11-3-12-8;9-5-2-6-4(1-7(5)12(14)15)8(13)11-3-10-6;1-3-7(2)4-5-8-6-7;7-3-1-2-4(10)6(9)5(3)8;3-1(4,5)14(9,10)13-15(11,12)2(6,7)8;1-2(3)4;/h2-6H,1H3,(H,19,20,21);1-5H,(H,19,20,21);1-5,22H,(H,18,19,20);1-3H;1-3H,(H,10,11,13);1H,4-6H2,2H3;1-2H,10H2;;1H3,(H,3,4);/q;;;;;;;;;+1/p-1. The number of benzene rings is 9. The van der Waals surface area contributed by atoms with E-state index < -0.39 is 137 Å². The minimum absolute atomic E-state index is 0. The molecule has 15 rings (SSSR count). The zero-order valence-corrected chi connectivity index (χ0v) is 80.7. The van der Waals surface area contributed by atoms with Crippen molar-refractivity contribution in [3.05, 3.63) is 293 Å². The number of halogens is 22. The summed E-state index contributed by atoms with van der Waals surface area (Å²) in [4.78, 5) is 107. The molecule has 5 aromatic heterocycles. The van der Waals surface area contributed by atoms with Gasteiger partial charge in [-0.25, -0.2) is 62.4 Å². The number of aromatic amines is 1. The van der Waals surface area contributed by atoms with Crippen molar-refractivity contribution < 1.29 is 173 Å². The van der Waals surface area contributed by atoms with E-state index in [0.29, 0.717) is 16.5 Å². The topological polar surface area (TPSA) is 574 Å². The number of phenols is 1. The van der Waals surface area contributed by atoms with Gasteiger partial charge in [0.2, 0.25) is 17.5 Å². The second-order valence-electron chi connectivity index (χ2n) is 26.5. The fourth-order valence-corrected chi connectivity index (χ4v) is 13.3. The third kappa shape index (κ3) is 30.4. The van der Waals surface area contributed by atoms with E-state index in [-0.39, 0.29) is 192 Å². The summed E-state index contributed by atoms with van der Waals surface area (Å²) in [5.41, 5.74) is -8.90. The molecule has 6 heterocycles. The number of nitrogens with zero attached hydrogens (tertiary/aromatic N) is 14. The second-order valence-corrected chi connectivity index (χ2v) is 33.3. The Labute approximate surface area is 859 Å². The minimum Gasteiger partial charge on any atom is -0.550 e. The molecule has 0 bridgehead atoms. The molecule has 0 aliphatic carbocycles. The molecule has 1 unspecified atom stereocenters. The smallest absolute Gasteiger partial charge is 0.550 e. The van der Waals surface area contributed by atoms with Gasteiger partial charge < -0.3 is 46.4 Å². The van der Waals surface area contributed by atoms with Crippen molar-refractivity contribution in [1.29, 1.82) is 0 Å². The summed E-state index contributed by atoms with van der Waals surface area (Å²) in [5, 5.41) is 81.0. The Hall–Kier alpha value is -12.3. The number of aliphatic carboxylic acids is 1. The number of terminal acetylenes is 1. The number of aryl methyl sites for hydroxylation is 1. The number of anilines is 7. The van der Waals surface area contributed by atoms with Gasteiger partial charge in [0.15, 0.2) is 29.0 Å². The van der Waals surface area contributed by atoms with Crippen molar-refractivity contribution in [3.63, 3.8) is 0 Å². The monoisotopic (exact) mass is 2210 g/mol. The average Bonchev–Trinajstić information content (AvgIpc) is 0.828. The molecule has 1 aliphatic heterocycles. The van der Waals surface area contributed by atoms with Gasteiger partial charge in [0.1, 0.15) is 47.9 Å². The number of nitrogens with one attached hydrogen (secondary N) is 4. The molecular weight excluding hydrogens is 2170 g/mol. The van der Waals surface area contributed by atoms with Crippen LogP contribution in [-0.4, -0.2) is 127 Å². The zero-order valence-electron chi connectivity index (χ0n) is 69.2. The first-order chi connectivity index (χ1) is 64.7. The minimum atomic E-state index is -6.85. The molecule has 9 aromatic carbocycles. The molecular formula is C76H46Cl9F13KN19O20S2. The summed E-state index contributed by atoms with van der Waals surface area (Å²) in [6.45, 7) is 6.22. The number of fused-ring (bicyclic) bond motifs is 5. The van der Waals surface area contributed by atoms with E-state index in [0.717, 1.165) is 94.1 Å². The van der Waals surface area contributed by atoms with Crippen LogP contribution in [0, 0.1) is 116 Å². The van der Waals surface area contributed by atoms with Crippen LogP contribution in [0.25, 0.3) is 54.5 Å². The molecule has 1 aliphatic rings. The number of rotatable bonds is 13. The summed E-state index contributed by atoms with van der Waals surface area (Å²) in [7, 11) is -13.7. The van der Waals surface area contributed by atoms with Gasteiger partial charge in [-0.3, -0.25) is 55.4 Å². The fourth-order valence-electron chi connectivity index (χ4n) is 10.3. The number of carbonyl (C=O) groups excluding carboxylic acids is 1. The molecule has 64 heteroatoms. The number of carbonyl (C=O) groups is 1. The summed E-state index contributed by atoms with van der Waals surface area (Å²) >= 11 is 51.0. The van der Waals surface area contributed by atoms with Crippen LogP contribution in [0.4, 0.5) is 126 Å². The molecule has 0 saturated carbocycles. The van der Waals surface area contributed by atoms with Crippen LogP contribution in [-0.2, 0) is 33.4 Å². The number of H-pyrrole nitrogens is 1. The summed E-state index contributed by atoms with van der Waals surface area (Å²) in [6.07, 6.45) is 12.1. The van der Waals surface area contributed by atoms with Gasteiger partial charge in [-0.1, -0.05) is 110 Å². The van der Waals surface area contributed by atoms with Gasteiger partial charge in [0, 0.05) is 83.5 Å². The van der Waals surface area contributed by atoms with Gasteiger partial charge in [-0.2, -0.15) is 56.3 Å². The van der Waals surface area contributed by atoms with Crippen molar-refractivity contribution >= 4 is 254 Å². The van der Waals surface area contributed by atoms with Gasteiger partial charge in [-0.15, -0.1) is 10.1 Å². The van der Waals surface area contributed by atoms with E-state index in [4.69, 9.17) is 131 Å². The Bertz CT molecular complexity index is 7100. The number of aromatic hydroxyl groups is 1. The molecule has 732 valence electrons. The number of hydrogen-bond donors (Lipinski definition) is 6. The molecule has 0 radical (unpaired) electrons. The second kappa shape index (κ2) is 49.7. The Kier molecular flexibility index (Phi) is 41.3. The van der Waals surface area contributed by atoms with E-state index in [2.05, 4.69) is 78.6 Å². The summed E-state index contributed by atoms with van der Waals surface area (Å²) in [6, 6.07) is 21.9. The van der Waals surface area contributed by atoms with E-state index in [1.807, 2.05) is 3.63 Å². The van der Waals surface area contributed by atoms with Crippen LogP contribution >= 0.6 is 104 Å². The Balaban J connectivity index is 0.000000249. The van der Waals surface area contributed by atoms with Gasteiger partial charge in [0.25, 0.3) is 11.2 Å². The van der Waals surface area contributed by atoms with Gasteiger partial charge in [-0.05, 0) is 81.8 Å². The number of carboxylic acids is 1. The maximum absolute atomic E-state index is 14.2. The quantitative estimate of drug-likeness (QED) is 0.00718. The zero-order chi connectivity index (χ0) is 104. The summed E-state index contributed by atoms with van der Waals surface area (Å²) < 4.78 is 210. The van der Waals surface area contributed by atoms with Crippen molar-refractivity contribution in [2.75, 3.05) is 34.9 Å². The number of nitro benzene ring substituents is 5. The van der Waals surface area contributed by atoms with Crippen LogP contribution < -0.4 is 83.7 Å². The van der Waals surface area contributed by atoms with Gasteiger partial charge >= 0.3 is 105 Å². The number of hydrogen-bond acceptors (Lipinski definition) is 33. The normalized spacial score (nSPS) is 12.5. The molecule has 0 spiro atoms. The third-order valence-electron chi connectivity index (χ3n) is 17.0. The number of nitrogens with two attached hydrogens (primary N) is 1. The van der Waals surface area contributed by atoms with E-state index in [1.54, 1.807) is 13.0 Å². The maximum Gasteiger partial charge on any atom is 1.00 e. The maximum atomic E-state index is 14.2. The van der Waals surface area contributed by atoms with Crippen molar-refractivity contribution in [2.24, 2.45) is 5.41 Å². The first kappa shape index (κ1) is 116. The van der Waals surface area contributed by atoms with Gasteiger partial charge in [0.05, 0.1) is 150 Å². The SMILES string of the molecule is C#CC1(C)CCOC1.CC(=O)[O-].Cc1cc2ncnc(Nc3ccc(Cl)c(Cl)c3F)c2cc1[N+](=O)[O-].Nc1ccc(Cl)c(Cl)c1F.O=S(=O)(OS(=O)(=O)C(F)(F)F)C(F)(F)F.O=[N+]([O-])c1cc2c(Cl)ncnc2cc1F.O=[N+]([O-])c1cc2c(Nc3ccc(Cl)c(Cl)c3F)ncnc2cc1F.O=[N+]([O-])c1cc2c(Nc3ccc(Cl)c(Cl)c3F)ncnc2cc1O.O=c1[nH]cnc2cc(F)c([N+](=O)[O-])cc12.[K+]. The van der Waals surface area contributed by atoms with Crippen LogP contribution in [0.5, 0.6) is 5.75 Å². The molecule has 14 aromatic rings. The Morgan fingerprint density at radius 2 is 0.814 bits per heavy atom. The number of ether oxygens (including phenoxy) is 1. The molecule has 39 nitrogen and oxygen atoms in total. The van der Waals surface area contributed by atoms with Crippen LogP contribution in [0.1, 0.15) is 25.8 Å². The van der Waals surface area contributed by atoms with E-state index in [1.165, 1.54) is 67.3 Å². The first-order valence-electron chi connectivity index (χ1n) is 36.0. The number of phenolic OH excluding ortho intramolecular Hbond substituents is 1. The van der Waals surface area contributed by atoms with Crippen LogP contribution in [0.2, 0.25) is 45.3 Å². The molecule has 0 amide bonds. The Morgan fingerprint density at radius 1 is 0.500 bits per heavy atom. The molecule has 140 heavy (non-hydrogen) atoms. The van der Waals surface area contributed by atoms with E-state index >= 15 is 0 Å². The third-order valence-corrected chi connectivity index (χ3v) is 23.0. The van der Waals surface area contributed by atoms with Crippen molar-refractivity contribution in [3.8, 4) is 18.1 Å². The number of nitro groups is 5. The van der Waals surface area contributed by atoms with Crippen LogP contribution in [0.3, 0.4) is 0 Å². The number of carboxylic acid groups (broad SMARTS) is 1. The number of alkyl halides is 6. The Morgan fingerprint density at radius 3 is 1.16 bits per heavy atom.